The summed E-state index contributed by atoms with van der Waals surface area (Å²) in [6, 6.07) is 0.689. The van der Waals surface area contributed by atoms with Crippen molar-refractivity contribution in [2.75, 3.05) is 52.5 Å². The largest absolute Gasteiger partial charge is 0.466 e. The van der Waals surface area contributed by atoms with Crippen molar-refractivity contribution in [3.63, 3.8) is 0 Å². The maximum absolute atomic E-state index is 12.7. The zero-order valence-electron chi connectivity index (χ0n) is 42.7. The fourth-order valence-corrected chi connectivity index (χ4v) is 9.24. The van der Waals surface area contributed by atoms with Crippen molar-refractivity contribution >= 4 is 11.9 Å². The van der Waals surface area contributed by atoms with Gasteiger partial charge in [0.1, 0.15) is 0 Å². The summed E-state index contributed by atoms with van der Waals surface area (Å²) >= 11 is 0. The van der Waals surface area contributed by atoms with E-state index in [4.69, 9.17) is 9.47 Å². The van der Waals surface area contributed by atoms with Gasteiger partial charge in [0, 0.05) is 38.5 Å². The molecule has 0 aromatic carbocycles. The number of unbranched alkanes of at least 4 members (excludes halogenated alkanes) is 22. The number of esters is 2. The summed E-state index contributed by atoms with van der Waals surface area (Å²) in [5.74, 6) is 0.472. The average Bonchev–Trinajstić information content (AvgIpc) is 3.26. The van der Waals surface area contributed by atoms with Crippen molar-refractivity contribution < 1.29 is 24.2 Å². The molecule has 1 N–H and O–H groups in total. The van der Waals surface area contributed by atoms with E-state index in [0.717, 1.165) is 84.0 Å². The predicted molar refractivity (Wildman–Crippen MR) is 271 cm³/mol. The van der Waals surface area contributed by atoms with Gasteiger partial charge in [-0.1, -0.05) is 168 Å². The van der Waals surface area contributed by atoms with Crippen LogP contribution in [0.5, 0.6) is 0 Å². The topological polar surface area (TPSA) is 79.3 Å². The van der Waals surface area contributed by atoms with Gasteiger partial charge < -0.3 is 14.6 Å². The monoisotopic (exact) mass is 889 g/mol. The SMILES string of the molecule is CCCCCCCCC(CCCCCCCC)COC(=O)CCCCCN(CCO)CCN(CCCCCOC(=O)CCCCC=C(CCCCCC)CCCCCC)C1CCC1. The summed E-state index contributed by atoms with van der Waals surface area (Å²) in [6.45, 7) is 15.2. The van der Waals surface area contributed by atoms with Crippen molar-refractivity contribution in [1.29, 1.82) is 0 Å². The summed E-state index contributed by atoms with van der Waals surface area (Å²) in [6.07, 6.45) is 48.0. The quantitative estimate of drug-likeness (QED) is 0.0370. The molecule has 1 saturated carbocycles. The van der Waals surface area contributed by atoms with Gasteiger partial charge >= 0.3 is 11.9 Å². The molecule has 0 spiro atoms. The molecule has 0 radical (unpaired) electrons. The number of carbonyl (C=O) groups excluding carboxylic acids is 2. The van der Waals surface area contributed by atoms with Crippen molar-refractivity contribution in [2.24, 2.45) is 5.92 Å². The highest BCUT2D eigenvalue weighted by atomic mass is 16.5. The predicted octanol–water partition coefficient (Wildman–Crippen LogP) is 15.5. The number of ether oxygens (including phenoxy) is 2. The lowest BCUT2D eigenvalue weighted by Crippen LogP contribution is -2.45. The van der Waals surface area contributed by atoms with E-state index < -0.39 is 0 Å². The Morgan fingerprint density at radius 3 is 1.59 bits per heavy atom. The maximum Gasteiger partial charge on any atom is 0.305 e. The molecule has 0 bridgehead atoms. The van der Waals surface area contributed by atoms with Crippen LogP contribution in [-0.4, -0.2) is 85.4 Å². The molecular weight excluding hydrogens is 781 g/mol. The lowest BCUT2D eigenvalue weighted by molar-refractivity contribution is -0.145. The van der Waals surface area contributed by atoms with E-state index in [1.54, 1.807) is 5.57 Å². The van der Waals surface area contributed by atoms with Crippen molar-refractivity contribution in [2.45, 2.75) is 278 Å². The van der Waals surface area contributed by atoms with E-state index in [9.17, 15) is 14.7 Å². The Balaban J connectivity index is 2.29. The molecular formula is C56H108N2O5. The first-order valence-corrected chi connectivity index (χ1v) is 28.0. The van der Waals surface area contributed by atoms with E-state index in [0.29, 0.717) is 44.6 Å². The van der Waals surface area contributed by atoms with E-state index in [1.807, 2.05) is 0 Å². The Hall–Kier alpha value is -1.44. The number of carbonyl (C=O) groups is 2. The summed E-state index contributed by atoms with van der Waals surface area (Å²) in [7, 11) is 0. The van der Waals surface area contributed by atoms with Crippen molar-refractivity contribution in [1.82, 2.24) is 9.80 Å². The highest BCUT2D eigenvalue weighted by Crippen LogP contribution is 2.26. The van der Waals surface area contributed by atoms with E-state index in [2.05, 4.69) is 43.6 Å². The number of hydrogen-bond donors (Lipinski definition) is 1. The second kappa shape index (κ2) is 45.7. The first-order valence-electron chi connectivity index (χ1n) is 28.0. The number of rotatable bonds is 49. The first kappa shape index (κ1) is 59.6. The highest BCUT2D eigenvalue weighted by Gasteiger charge is 2.24. The number of hydrogen-bond acceptors (Lipinski definition) is 7. The van der Waals surface area contributed by atoms with Crippen LogP contribution in [-0.2, 0) is 19.1 Å². The molecule has 0 unspecified atom stereocenters. The molecule has 1 fully saturated rings. The molecule has 7 nitrogen and oxygen atoms in total. The maximum atomic E-state index is 12.7. The van der Waals surface area contributed by atoms with Crippen LogP contribution in [0, 0.1) is 5.92 Å². The Kier molecular flexibility index (Phi) is 43.2. The third kappa shape index (κ3) is 37.4. The zero-order valence-corrected chi connectivity index (χ0v) is 42.7. The number of nitrogens with zero attached hydrogens (tertiary/aromatic N) is 2. The van der Waals surface area contributed by atoms with Crippen molar-refractivity contribution in [3.8, 4) is 0 Å². The minimum atomic E-state index is -0.0281. The average molecular weight is 889 g/mol. The number of allylic oxidation sites excluding steroid dienone is 2. The van der Waals surface area contributed by atoms with Gasteiger partial charge in [0.25, 0.3) is 0 Å². The third-order valence-electron chi connectivity index (χ3n) is 13.8. The smallest absolute Gasteiger partial charge is 0.305 e. The fraction of sp³-hybridized carbons (Fsp3) is 0.929. The Bertz CT molecular complexity index is 1000. The molecule has 7 heteroatoms. The molecule has 1 rings (SSSR count). The second-order valence-electron chi connectivity index (χ2n) is 19.7. The molecule has 1 aliphatic rings. The van der Waals surface area contributed by atoms with Gasteiger partial charge in [0.05, 0.1) is 19.8 Å². The summed E-state index contributed by atoms with van der Waals surface area (Å²) in [5, 5.41) is 9.83. The summed E-state index contributed by atoms with van der Waals surface area (Å²) in [4.78, 5) is 30.3. The van der Waals surface area contributed by atoms with E-state index in [1.165, 1.54) is 173 Å². The van der Waals surface area contributed by atoms with Crippen LogP contribution >= 0.6 is 0 Å². The van der Waals surface area contributed by atoms with E-state index in [-0.39, 0.29) is 18.5 Å². The van der Waals surface area contributed by atoms with Crippen LogP contribution in [0.25, 0.3) is 0 Å². The molecule has 0 aromatic rings. The van der Waals surface area contributed by atoms with Gasteiger partial charge in [-0.2, -0.15) is 0 Å². The molecule has 0 atom stereocenters. The van der Waals surface area contributed by atoms with Crippen LogP contribution in [0.1, 0.15) is 272 Å². The standard InChI is InChI=1S/C56H108N2O5/c1-5-9-13-17-19-26-38-53(39-27-20-18-14-10-6-2)51-63-56(61)43-30-22-31-44-57(48-49-59)46-47-58(54-40-34-41-54)45-32-23-33-50-62-55(60)42-29-21-28-37-52(35-24-15-11-7-3)36-25-16-12-8-4/h37,53-54,59H,5-36,38-51H2,1-4H3. The lowest BCUT2D eigenvalue weighted by atomic mass is 9.91. The van der Waals surface area contributed by atoms with Gasteiger partial charge in [-0.15, -0.1) is 0 Å². The minimum absolute atomic E-state index is 0.0174. The molecule has 0 aromatic heterocycles. The molecule has 0 saturated heterocycles. The first-order chi connectivity index (χ1) is 31.0. The molecule has 63 heavy (non-hydrogen) atoms. The molecule has 0 heterocycles. The summed E-state index contributed by atoms with van der Waals surface area (Å²) in [5.41, 5.74) is 1.65. The van der Waals surface area contributed by atoms with Crippen LogP contribution in [0.4, 0.5) is 0 Å². The van der Waals surface area contributed by atoms with E-state index >= 15 is 0 Å². The molecule has 372 valence electrons. The normalized spacial score (nSPS) is 13.0. The Morgan fingerprint density at radius 2 is 1.02 bits per heavy atom. The second-order valence-corrected chi connectivity index (χ2v) is 19.7. The highest BCUT2D eigenvalue weighted by molar-refractivity contribution is 5.69. The van der Waals surface area contributed by atoms with Gasteiger partial charge in [-0.3, -0.25) is 19.4 Å². The zero-order chi connectivity index (χ0) is 45.7. The van der Waals surface area contributed by atoms with Gasteiger partial charge in [0.2, 0.25) is 0 Å². The minimum Gasteiger partial charge on any atom is -0.466 e. The molecule has 1 aliphatic carbocycles. The van der Waals surface area contributed by atoms with Crippen LogP contribution in [0.2, 0.25) is 0 Å². The third-order valence-corrected chi connectivity index (χ3v) is 13.8. The van der Waals surface area contributed by atoms with Crippen molar-refractivity contribution in [3.05, 3.63) is 11.6 Å². The van der Waals surface area contributed by atoms with Gasteiger partial charge in [-0.05, 0) is 122 Å². The fourth-order valence-electron chi connectivity index (χ4n) is 9.24. The van der Waals surface area contributed by atoms with Gasteiger partial charge in [-0.25, -0.2) is 0 Å². The number of aliphatic hydroxyl groups is 1. The van der Waals surface area contributed by atoms with Crippen LogP contribution in [0.3, 0.4) is 0 Å². The Labute approximate surface area is 392 Å². The molecule has 0 amide bonds. The van der Waals surface area contributed by atoms with Crippen LogP contribution in [0.15, 0.2) is 11.6 Å². The molecule has 0 aliphatic heterocycles. The summed E-state index contributed by atoms with van der Waals surface area (Å²) < 4.78 is 11.5. The lowest BCUT2D eigenvalue weighted by Gasteiger charge is -2.39. The Morgan fingerprint density at radius 1 is 0.524 bits per heavy atom. The van der Waals surface area contributed by atoms with Crippen LogP contribution < -0.4 is 0 Å². The van der Waals surface area contributed by atoms with Gasteiger partial charge in [0.15, 0.2) is 0 Å². The number of aliphatic hydroxyl groups excluding tert-OH is 1.